The lowest BCUT2D eigenvalue weighted by atomic mass is 10.1. The van der Waals surface area contributed by atoms with E-state index in [0.717, 1.165) is 47.8 Å². The monoisotopic (exact) mass is 481 g/mol. The van der Waals surface area contributed by atoms with E-state index in [-0.39, 0.29) is 5.91 Å². The number of rotatable bonds is 7. The van der Waals surface area contributed by atoms with Crippen LogP contribution in [0.5, 0.6) is 0 Å². The number of hydrogen-bond donors (Lipinski definition) is 1. The predicted octanol–water partition coefficient (Wildman–Crippen LogP) is 5.14. The molecule has 0 spiro atoms. The lowest BCUT2D eigenvalue weighted by molar-refractivity contribution is -0.111. The van der Waals surface area contributed by atoms with E-state index >= 15 is 0 Å². The maximum absolute atomic E-state index is 12.8. The van der Waals surface area contributed by atoms with Crippen molar-refractivity contribution in [1.82, 2.24) is 19.7 Å². The van der Waals surface area contributed by atoms with Crippen molar-refractivity contribution in [2.45, 2.75) is 6.54 Å². The Hall–Kier alpha value is -3.68. The summed E-state index contributed by atoms with van der Waals surface area (Å²) in [6, 6.07) is 21.9. The standard InChI is InChI=1S/C28H27N5OS/c34-27(30-25-8-4-6-22(18-25)20-32-14-16-35-17-15-32)12-11-24-21-33(26-9-2-1-3-10-26)31-28(24)23-7-5-13-29-19-23/h1-13,18-19,21H,14-17,20H2,(H,30,34)/b12-11+. The van der Waals surface area contributed by atoms with Crippen LogP contribution < -0.4 is 5.32 Å². The molecule has 0 saturated carbocycles. The Bertz CT molecular complexity index is 1300. The van der Waals surface area contributed by atoms with Crippen LogP contribution in [0.2, 0.25) is 0 Å². The van der Waals surface area contributed by atoms with Crippen molar-refractivity contribution in [3.63, 3.8) is 0 Å². The average molecular weight is 482 g/mol. The molecule has 0 aliphatic carbocycles. The summed E-state index contributed by atoms with van der Waals surface area (Å²) in [4.78, 5) is 19.4. The zero-order valence-electron chi connectivity index (χ0n) is 19.4. The van der Waals surface area contributed by atoms with Gasteiger partial charge in [-0.1, -0.05) is 30.3 Å². The molecule has 1 saturated heterocycles. The number of nitrogens with one attached hydrogen (secondary N) is 1. The Balaban J connectivity index is 1.32. The molecule has 0 radical (unpaired) electrons. The first kappa shape index (κ1) is 23.1. The highest BCUT2D eigenvalue weighted by atomic mass is 32.2. The molecular weight excluding hydrogens is 454 g/mol. The normalized spacial score (nSPS) is 14.3. The number of thioether (sulfide) groups is 1. The zero-order chi connectivity index (χ0) is 23.9. The van der Waals surface area contributed by atoms with Gasteiger partial charge in [-0.25, -0.2) is 4.68 Å². The van der Waals surface area contributed by atoms with Crippen molar-refractivity contribution in [2.24, 2.45) is 0 Å². The number of pyridine rings is 1. The lowest BCUT2D eigenvalue weighted by Crippen LogP contribution is -2.31. The number of carbonyl (C=O) groups excluding carboxylic acids is 1. The van der Waals surface area contributed by atoms with Crippen LogP contribution in [0.3, 0.4) is 0 Å². The van der Waals surface area contributed by atoms with Crippen LogP contribution in [0.15, 0.2) is 91.4 Å². The highest BCUT2D eigenvalue weighted by molar-refractivity contribution is 7.99. The van der Waals surface area contributed by atoms with Crippen molar-refractivity contribution in [3.8, 4) is 16.9 Å². The molecule has 1 aliphatic heterocycles. The van der Waals surface area contributed by atoms with Gasteiger partial charge in [0.2, 0.25) is 5.91 Å². The highest BCUT2D eigenvalue weighted by Crippen LogP contribution is 2.24. The summed E-state index contributed by atoms with van der Waals surface area (Å²) < 4.78 is 1.82. The maximum Gasteiger partial charge on any atom is 0.248 e. The number of hydrogen-bond acceptors (Lipinski definition) is 5. The fourth-order valence-corrected chi connectivity index (χ4v) is 5.04. The molecule has 0 unspecified atom stereocenters. The topological polar surface area (TPSA) is 63.1 Å². The molecule has 1 N–H and O–H groups in total. The van der Waals surface area contributed by atoms with Crippen LogP contribution in [0.25, 0.3) is 23.0 Å². The average Bonchev–Trinajstić information content (AvgIpc) is 3.34. The second kappa shape index (κ2) is 11.2. The summed E-state index contributed by atoms with van der Waals surface area (Å²) in [5.74, 6) is 2.19. The molecule has 1 fully saturated rings. The molecule has 0 bridgehead atoms. The third-order valence-electron chi connectivity index (χ3n) is 5.82. The van der Waals surface area contributed by atoms with E-state index in [4.69, 9.17) is 5.10 Å². The molecule has 176 valence electrons. The number of amides is 1. The molecule has 35 heavy (non-hydrogen) atoms. The van der Waals surface area contributed by atoms with Crippen molar-refractivity contribution in [3.05, 3.63) is 103 Å². The third kappa shape index (κ3) is 6.07. The summed E-state index contributed by atoms with van der Waals surface area (Å²) in [5.41, 5.74) is 5.47. The van der Waals surface area contributed by atoms with Gasteiger partial charge >= 0.3 is 0 Å². The van der Waals surface area contributed by atoms with E-state index in [1.807, 2.05) is 77.2 Å². The Labute approximate surface area is 209 Å². The Morgan fingerprint density at radius 2 is 1.89 bits per heavy atom. The van der Waals surface area contributed by atoms with Gasteiger partial charge in [0.15, 0.2) is 0 Å². The Kier molecular flexibility index (Phi) is 7.36. The molecular formula is C28H27N5OS. The van der Waals surface area contributed by atoms with Crippen molar-refractivity contribution in [1.29, 1.82) is 0 Å². The molecule has 2 aromatic heterocycles. The van der Waals surface area contributed by atoms with Crippen LogP contribution in [-0.4, -0.2) is 50.2 Å². The number of nitrogens with zero attached hydrogens (tertiary/aromatic N) is 4. The van der Waals surface area contributed by atoms with Gasteiger partial charge in [0.1, 0.15) is 5.69 Å². The Morgan fingerprint density at radius 3 is 2.69 bits per heavy atom. The van der Waals surface area contributed by atoms with Crippen molar-refractivity contribution < 1.29 is 4.79 Å². The molecule has 0 atom stereocenters. The SMILES string of the molecule is O=C(/C=C/c1cn(-c2ccccc2)nc1-c1cccnc1)Nc1cccc(CN2CCSCC2)c1. The fourth-order valence-electron chi connectivity index (χ4n) is 4.06. The molecule has 3 heterocycles. The maximum atomic E-state index is 12.8. The van der Waals surface area contributed by atoms with Crippen LogP contribution in [0.1, 0.15) is 11.1 Å². The molecule has 1 amide bonds. The summed E-state index contributed by atoms with van der Waals surface area (Å²) in [6.45, 7) is 3.13. The van der Waals surface area contributed by atoms with E-state index < -0.39 is 0 Å². The van der Waals surface area contributed by atoms with Crippen molar-refractivity contribution >= 4 is 29.4 Å². The molecule has 4 aromatic rings. The third-order valence-corrected chi connectivity index (χ3v) is 6.76. The van der Waals surface area contributed by atoms with E-state index in [1.165, 1.54) is 17.1 Å². The smallest absolute Gasteiger partial charge is 0.248 e. The first-order chi connectivity index (χ1) is 17.2. The summed E-state index contributed by atoms with van der Waals surface area (Å²) >= 11 is 2.01. The van der Waals surface area contributed by atoms with Crippen molar-refractivity contribution in [2.75, 3.05) is 29.9 Å². The molecule has 6 nitrogen and oxygen atoms in total. The largest absolute Gasteiger partial charge is 0.323 e. The van der Waals surface area contributed by atoms with Crippen LogP contribution in [0.4, 0.5) is 5.69 Å². The first-order valence-electron chi connectivity index (χ1n) is 11.7. The summed E-state index contributed by atoms with van der Waals surface area (Å²) in [7, 11) is 0. The van der Waals surface area contributed by atoms with Gasteiger partial charge in [-0.15, -0.1) is 0 Å². The number of carbonyl (C=O) groups is 1. The number of para-hydroxylation sites is 1. The van der Waals surface area contributed by atoms with Gasteiger partial charge in [0, 0.05) is 72.6 Å². The molecule has 1 aliphatic rings. The summed E-state index contributed by atoms with van der Waals surface area (Å²) in [6.07, 6.45) is 8.81. The first-order valence-corrected chi connectivity index (χ1v) is 12.8. The van der Waals surface area contributed by atoms with Gasteiger partial charge < -0.3 is 5.32 Å². The second-order valence-corrected chi connectivity index (χ2v) is 9.59. The number of benzene rings is 2. The van der Waals surface area contributed by atoms with E-state index in [1.54, 1.807) is 24.5 Å². The summed E-state index contributed by atoms with van der Waals surface area (Å²) in [5, 5.41) is 7.77. The van der Waals surface area contributed by atoms with E-state index in [2.05, 4.69) is 27.3 Å². The van der Waals surface area contributed by atoms with Gasteiger partial charge in [0.05, 0.1) is 5.69 Å². The van der Waals surface area contributed by atoms with E-state index in [0.29, 0.717) is 0 Å². The van der Waals surface area contributed by atoms with Crippen LogP contribution in [-0.2, 0) is 11.3 Å². The van der Waals surface area contributed by atoms with Crippen LogP contribution in [0, 0.1) is 0 Å². The number of anilines is 1. The minimum absolute atomic E-state index is 0.180. The zero-order valence-corrected chi connectivity index (χ0v) is 20.2. The fraction of sp³-hybridized carbons (Fsp3) is 0.179. The lowest BCUT2D eigenvalue weighted by Gasteiger charge is -2.26. The predicted molar refractivity (Wildman–Crippen MR) is 144 cm³/mol. The van der Waals surface area contributed by atoms with Gasteiger partial charge in [-0.2, -0.15) is 16.9 Å². The van der Waals surface area contributed by atoms with E-state index in [9.17, 15) is 4.79 Å². The quantitative estimate of drug-likeness (QED) is 0.371. The Morgan fingerprint density at radius 1 is 1.03 bits per heavy atom. The highest BCUT2D eigenvalue weighted by Gasteiger charge is 2.12. The minimum atomic E-state index is -0.180. The van der Waals surface area contributed by atoms with Gasteiger partial charge in [-0.05, 0) is 48.0 Å². The molecule has 7 heteroatoms. The van der Waals surface area contributed by atoms with Gasteiger partial charge in [0.25, 0.3) is 0 Å². The minimum Gasteiger partial charge on any atom is -0.323 e. The molecule has 5 rings (SSSR count). The van der Waals surface area contributed by atoms with Gasteiger partial charge in [-0.3, -0.25) is 14.7 Å². The second-order valence-electron chi connectivity index (χ2n) is 8.37. The number of aromatic nitrogens is 3. The molecule has 2 aromatic carbocycles. The van der Waals surface area contributed by atoms with Crippen LogP contribution >= 0.6 is 11.8 Å².